The molecule has 1 aromatic carbocycles. The second kappa shape index (κ2) is 6.42. The number of aryl methyl sites for hydroxylation is 1. The van der Waals surface area contributed by atoms with Crippen LogP contribution in [0.4, 0.5) is 0 Å². The van der Waals surface area contributed by atoms with E-state index in [9.17, 15) is 10.2 Å². The average Bonchev–Trinajstić information content (AvgIpc) is 2.82. The molecule has 0 aliphatic carbocycles. The molecule has 0 radical (unpaired) electrons. The van der Waals surface area contributed by atoms with Crippen molar-refractivity contribution in [1.29, 1.82) is 0 Å². The minimum Gasteiger partial charge on any atom is -0.508 e. The van der Waals surface area contributed by atoms with E-state index in [1.54, 1.807) is 4.68 Å². The van der Waals surface area contributed by atoms with E-state index < -0.39 is 0 Å². The lowest BCUT2D eigenvalue weighted by atomic mass is 10.2. The van der Waals surface area contributed by atoms with Gasteiger partial charge < -0.3 is 10.2 Å². The fraction of sp³-hybridized carbons (Fsp3) is 0.417. The van der Waals surface area contributed by atoms with Gasteiger partial charge in [0.15, 0.2) is 0 Å². The van der Waals surface area contributed by atoms with Crippen LogP contribution in [0.25, 0.3) is 0 Å². The zero-order chi connectivity index (χ0) is 13.7. The quantitative estimate of drug-likeness (QED) is 0.624. The zero-order valence-electron chi connectivity index (χ0n) is 10.7. The molecular weight excluding hydrogens is 264 g/mol. The number of phenolic OH excluding ortho intramolecular Hbond substituents is 2. The van der Waals surface area contributed by atoms with E-state index >= 15 is 0 Å². The molecule has 0 aliphatic rings. The second-order valence-electron chi connectivity index (χ2n) is 4.15. The first-order valence-electron chi connectivity index (χ1n) is 6.16. The van der Waals surface area contributed by atoms with Crippen LogP contribution < -0.4 is 0 Å². The lowest BCUT2D eigenvalue weighted by Gasteiger charge is -2.05. The smallest absolute Gasteiger partial charge is 0.214 e. The maximum absolute atomic E-state index is 9.73. The minimum absolute atomic E-state index is 0.102. The summed E-state index contributed by atoms with van der Waals surface area (Å²) in [6.07, 6.45) is 3.28. The first-order valence-corrected chi connectivity index (χ1v) is 6.98. The molecule has 19 heavy (non-hydrogen) atoms. The third-order valence-electron chi connectivity index (χ3n) is 2.62. The summed E-state index contributed by atoms with van der Waals surface area (Å²) in [7, 11) is 0. The Kier molecular flexibility index (Phi) is 4.62. The van der Waals surface area contributed by atoms with E-state index in [1.807, 2.05) is 0 Å². The summed E-state index contributed by atoms with van der Waals surface area (Å²) in [5, 5.41) is 31.3. The van der Waals surface area contributed by atoms with Crippen molar-refractivity contribution in [2.75, 3.05) is 0 Å². The molecule has 0 amide bonds. The molecule has 0 aliphatic heterocycles. The van der Waals surface area contributed by atoms with Gasteiger partial charge in [-0.1, -0.05) is 19.8 Å². The molecule has 1 heterocycles. The van der Waals surface area contributed by atoms with Gasteiger partial charge in [-0.25, -0.2) is 4.68 Å². The maximum Gasteiger partial charge on any atom is 0.214 e. The molecule has 0 saturated heterocycles. The zero-order valence-corrected chi connectivity index (χ0v) is 11.5. The average molecular weight is 280 g/mol. The molecule has 6 nitrogen and oxygen atoms in total. The van der Waals surface area contributed by atoms with Crippen molar-refractivity contribution >= 4 is 11.8 Å². The van der Waals surface area contributed by atoms with Crippen molar-refractivity contribution in [3.05, 3.63) is 18.2 Å². The fourth-order valence-electron chi connectivity index (χ4n) is 1.60. The number of aromatic nitrogens is 4. The lowest BCUT2D eigenvalue weighted by molar-refractivity contribution is 0.448. The molecule has 0 spiro atoms. The number of tetrazole rings is 1. The number of hydrogen-bond acceptors (Lipinski definition) is 6. The molecule has 0 fully saturated rings. The van der Waals surface area contributed by atoms with E-state index in [-0.39, 0.29) is 11.5 Å². The van der Waals surface area contributed by atoms with Crippen molar-refractivity contribution in [3.8, 4) is 11.5 Å². The normalized spacial score (nSPS) is 10.8. The predicted octanol–water partition coefficient (Wildman–Crippen LogP) is 2.43. The summed E-state index contributed by atoms with van der Waals surface area (Å²) in [6.45, 7) is 2.89. The summed E-state index contributed by atoms with van der Waals surface area (Å²) >= 11 is 1.24. The molecule has 0 unspecified atom stereocenters. The van der Waals surface area contributed by atoms with Gasteiger partial charge >= 0.3 is 0 Å². The fourth-order valence-corrected chi connectivity index (χ4v) is 2.46. The van der Waals surface area contributed by atoms with Crippen LogP contribution in [0.15, 0.2) is 28.3 Å². The van der Waals surface area contributed by atoms with Crippen LogP contribution >= 0.6 is 11.8 Å². The first kappa shape index (κ1) is 13.7. The third-order valence-corrected chi connectivity index (χ3v) is 3.64. The molecule has 1 aromatic heterocycles. The third kappa shape index (κ3) is 3.60. The van der Waals surface area contributed by atoms with Crippen molar-refractivity contribution < 1.29 is 10.2 Å². The number of phenols is 2. The largest absolute Gasteiger partial charge is 0.508 e. The molecule has 0 atom stereocenters. The van der Waals surface area contributed by atoms with Gasteiger partial charge in [0, 0.05) is 6.54 Å². The Morgan fingerprint density at radius 1 is 1.26 bits per heavy atom. The SMILES string of the molecule is CCCCCn1nnnc1Sc1cc(O)ccc1O. The van der Waals surface area contributed by atoms with Gasteiger partial charge in [-0.15, -0.1) is 5.10 Å². The van der Waals surface area contributed by atoms with E-state index in [1.165, 1.54) is 30.0 Å². The van der Waals surface area contributed by atoms with Crippen LogP contribution in [0, 0.1) is 0 Å². The Morgan fingerprint density at radius 3 is 2.89 bits per heavy atom. The van der Waals surface area contributed by atoms with Crippen molar-refractivity contribution in [2.45, 2.75) is 42.8 Å². The second-order valence-corrected chi connectivity index (χ2v) is 5.15. The highest BCUT2D eigenvalue weighted by Crippen LogP contribution is 2.35. The molecule has 2 aromatic rings. The molecule has 0 bridgehead atoms. The topological polar surface area (TPSA) is 84.1 Å². The molecule has 2 rings (SSSR count). The molecular formula is C12H16N4O2S. The van der Waals surface area contributed by atoms with Gasteiger partial charge in [-0.3, -0.25) is 0 Å². The summed E-state index contributed by atoms with van der Waals surface area (Å²) in [4.78, 5) is 0.534. The van der Waals surface area contributed by atoms with E-state index in [2.05, 4.69) is 22.4 Å². The number of rotatable bonds is 6. The molecule has 0 saturated carbocycles. The summed E-state index contributed by atoms with van der Waals surface area (Å²) in [5.74, 6) is 0.205. The Labute approximate surface area is 115 Å². The lowest BCUT2D eigenvalue weighted by Crippen LogP contribution is -2.02. The number of benzene rings is 1. The van der Waals surface area contributed by atoms with Gasteiger partial charge in [0.1, 0.15) is 11.5 Å². The summed E-state index contributed by atoms with van der Waals surface area (Å²) in [5.41, 5.74) is 0. The van der Waals surface area contributed by atoms with Crippen LogP contribution in [0.2, 0.25) is 0 Å². The first-order chi connectivity index (χ1) is 9.20. The Balaban J connectivity index is 2.10. The molecule has 7 heteroatoms. The van der Waals surface area contributed by atoms with Crippen molar-refractivity contribution in [1.82, 2.24) is 20.2 Å². The molecule has 2 N–H and O–H groups in total. The minimum atomic E-state index is 0.102. The highest BCUT2D eigenvalue weighted by atomic mass is 32.2. The standard InChI is InChI=1S/C12H16N4O2S/c1-2-3-4-7-16-12(13-14-15-16)19-11-8-9(17)5-6-10(11)18/h5-6,8,17-18H,2-4,7H2,1H3. The molecule has 102 valence electrons. The Bertz CT molecular complexity index is 544. The van der Waals surface area contributed by atoms with Crippen molar-refractivity contribution in [2.24, 2.45) is 0 Å². The van der Waals surface area contributed by atoms with Gasteiger partial charge in [-0.2, -0.15) is 0 Å². The summed E-state index contributed by atoms with van der Waals surface area (Å²) in [6, 6.07) is 4.37. The number of nitrogens with zero attached hydrogens (tertiary/aromatic N) is 4. The van der Waals surface area contributed by atoms with Crippen LogP contribution in [0.3, 0.4) is 0 Å². The van der Waals surface area contributed by atoms with Crippen LogP contribution in [0.5, 0.6) is 11.5 Å². The number of hydrogen-bond donors (Lipinski definition) is 2. The van der Waals surface area contributed by atoms with Gasteiger partial charge in [0.2, 0.25) is 5.16 Å². The van der Waals surface area contributed by atoms with Crippen molar-refractivity contribution in [3.63, 3.8) is 0 Å². The van der Waals surface area contributed by atoms with E-state index in [0.29, 0.717) is 10.1 Å². The number of unbranched alkanes of at least 4 members (excludes halogenated alkanes) is 2. The van der Waals surface area contributed by atoms with Crippen LogP contribution in [-0.4, -0.2) is 30.4 Å². The van der Waals surface area contributed by atoms with Crippen LogP contribution in [0.1, 0.15) is 26.2 Å². The maximum atomic E-state index is 9.73. The van der Waals surface area contributed by atoms with Gasteiger partial charge in [-0.05, 0) is 46.8 Å². The van der Waals surface area contributed by atoms with E-state index in [4.69, 9.17) is 0 Å². The predicted molar refractivity (Wildman–Crippen MR) is 71.2 cm³/mol. The van der Waals surface area contributed by atoms with E-state index in [0.717, 1.165) is 25.8 Å². The summed E-state index contributed by atoms with van der Waals surface area (Å²) < 4.78 is 1.71. The highest BCUT2D eigenvalue weighted by Gasteiger charge is 2.11. The van der Waals surface area contributed by atoms with Gasteiger partial charge in [0.05, 0.1) is 4.90 Å². The Hall–Kier alpha value is -1.76. The monoisotopic (exact) mass is 280 g/mol. The number of aromatic hydroxyl groups is 2. The van der Waals surface area contributed by atoms with Gasteiger partial charge in [0.25, 0.3) is 0 Å². The Morgan fingerprint density at radius 2 is 2.11 bits per heavy atom. The van der Waals surface area contributed by atoms with Crippen LogP contribution in [-0.2, 0) is 6.54 Å². The highest BCUT2D eigenvalue weighted by molar-refractivity contribution is 7.99.